The largest absolute Gasteiger partial charge is 0.347 e. The summed E-state index contributed by atoms with van der Waals surface area (Å²) in [7, 11) is 0. The number of carbonyl (C=O) groups excluding carboxylic acids is 1. The van der Waals surface area contributed by atoms with Crippen LogP contribution in [-0.2, 0) is 0 Å². The molecule has 1 aromatic carbocycles. The van der Waals surface area contributed by atoms with Crippen LogP contribution in [0.2, 0.25) is 5.02 Å². The molecule has 0 saturated carbocycles. The average molecular weight is 321 g/mol. The number of piperidine rings is 3. The predicted molar refractivity (Wildman–Crippen MR) is 87.3 cm³/mol. The number of rotatable bonds is 2. The summed E-state index contributed by atoms with van der Waals surface area (Å²) in [5.41, 5.74) is 0. The van der Waals surface area contributed by atoms with Crippen molar-refractivity contribution in [2.75, 3.05) is 19.6 Å². The molecule has 3 aliphatic heterocycles. The fraction of sp³-hybridized carbons (Fsp3) is 0.438. The molecule has 0 radical (unpaired) electrons. The smallest absolute Gasteiger partial charge is 0.263 e. The Morgan fingerprint density at radius 3 is 2.71 bits per heavy atom. The normalized spacial score (nSPS) is 28.0. The van der Waals surface area contributed by atoms with Gasteiger partial charge in [0.1, 0.15) is 4.88 Å². The number of halogens is 1. The van der Waals surface area contributed by atoms with Crippen molar-refractivity contribution in [3.63, 3.8) is 0 Å². The van der Waals surface area contributed by atoms with E-state index in [4.69, 9.17) is 11.6 Å². The monoisotopic (exact) mass is 320 g/mol. The third kappa shape index (κ3) is 2.35. The minimum absolute atomic E-state index is 0.0139. The van der Waals surface area contributed by atoms with Gasteiger partial charge in [-0.1, -0.05) is 29.8 Å². The molecule has 110 valence electrons. The molecule has 1 N–H and O–H groups in total. The first-order chi connectivity index (χ1) is 10.2. The van der Waals surface area contributed by atoms with Gasteiger partial charge < -0.3 is 10.2 Å². The number of amides is 1. The first-order valence-electron chi connectivity index (χ1n) is 7.42. The number of thiophene rings is 1. The molecule has 1 aromatic heterocycles. The van der Waals surface area contributed by atoms with Crippen LogP contribution in [0.15, 0.2) is 24.3 Å². The van der Waals surface area contributed by atoms with E-state index in [9.17, 15) is 4.79 Å². The summed E-state index contributed by atoms with van der Waals surface area (Å²) < 4.78 is 1.07. The van der Waals surface area contributed by atoms with Gasteiger partial charge in [0.2, 0.25) is 0 Å². The zero-order chi connectivity index (χ0) is 14.4. The summed E-state index contributed by atoms with van der Waals surface area (Å²) in [6.07, 6.45) is 2.40. The number of nitrogens with zero attached hydrogens (tertiary/aromatic N) is 1. The Labute approximate surface area is 132 Å². The number of benzene rings is 1. The third-order valence-corrected chi connectivity index (χ3v) is 6.39. The molecule has 2 aromatic rings. The van der Waals surface area contributed by atoms with E-state index in [-0.39, 0.29) is 11.9 Å². The van der Waals surface area contributed by atoms with Gasteiger partial charge in [-0.25, -0.2) is 0 Å². The van der Waals surface area contributed by atoms with Gasteiger partial charge in [-0.2, -0.15) is 0 Å². The first kappa shape index (κ1) is 13.6. The van der Waals surface area contributed by atoms with Gasteiger partial charge in [0.05, 0.1) is 5.02 Å². The van der Waals surface area contributed by atoms with Crippen molar-refractivity contribution < 1.29 is 4.79 Å². The lowest BCUT2D eigenvalue weighted by Gasteiger charge is -2.44. The number of hydrogen-bond donors (Lipinski definition) is 1. The topological polar surface area (TPSA) is 32.3 Å². The van der Waals surface area contributed by atoms with E-state index < -0.39 is 0 Å². The second kappa shape index (κ2) is 5.27. The van der Waals surface area contributed by atoms with Crippen LogP contribution in [-0.4, -0.2) is 36.5 Å². The van der Waals surface area contributed by atoms with Gasteiger partial charge in [-0.05, 0) is 37.9 Å². The number of fused-ring (bicyclic) bond motifs is 4. The van der Waals surface area contributed by atoms with E-state index in [1.807, 2.05) is 24.3 Å². The molecule has 21 heavy (non-hydrogen) atoms. The van der Waals surface area contributed by atoms with Crippen LogP contribution in [0.1, 0.15) is 22.5 Å². The van der Waals surface area contributed by atoms with Crippen molar-refractivity contribution in [1.82, 2.24) is 10.2 Å². The van der Waals surface area contributed by atoms with Gasteiger partial charge >= 0.3 is 0 Å². The molecule has 1 atom stereocenters. The molecular weight excluding hydrogens is 304 g/mol. The van der Waals surface area contributed by atoms with E-state index in [1.54, 1.807) is 0 Å². The molecule has 5 rings (SSSR count). The molecule has 0 unspecified atom stereocenters. The van der Waals surface area contributed by atoms with Crippen molar-refractivity contribution in [1.29, 1.82) is 0 Å². The Balaban J connectivity index is 1.58. The number of carbonyl (C=O) groups is 1. The zero-order valence-corrected chi connectivity index (χ0v) is 13.2. The van der Waals surface area contributed by atoms with Crippen LogP contribution in [0, 0.1) is 5.92 Å². The Morgan fingerprint density at radius 1 is 1.29 bits per heavy atom. The van der Waals surface area contributed by atoms with Gasteiger partial charge in [0.25, 0.3) is 5.91 Å². The average Bonchev–Trinajstić information content (AvgIpc) is 2.86. The van der Waals surface area contributed by atoms with E-state index in [0.29, 0.717) is 15.8 Å². The maximum absolute atomic E-state index is 12.6. The van der Waals surface area contributed by atoms with Crippen LogP contribution < -0.4 is 5.32 Å². The summed E-state index contributed by atoms with van der Waals surface area (Å²) in [5.74, 6) is 0.618. The zero-order valence-electron chi connectivity index (χ0n) is 11.6. The summed E-state index contributed by atoms with van der Waals surface area (Å²) in [6, 6.07) is 8.19. The van der Waals surface area contributed by atoms with Crippen molar-refractivity contribution in [3.8, 4) is 0 Å². The molecule has 2 bridgehead atoms. The lowest BCUT2D eigenvalue weighted by molar-refractivity contribution is 0.0623. The molecule has 1 amide bonds. The minimum Gasteiger partial charge on any atom is -0.347 e. The van der Waals surface area contributed by atoms with Crippen LogP contribution in [0.5, 0.6) is 0 Å². The Kier molecular flexibility index (Phi) is 3.40. The summed E-state index contributed by atoms with van der Waals surface area (Å²) in [5, 5.41) is 4.78. The van der Waals surface area contributed by atoms with Crippen LogP contribution in [0.3, 0.4) is 0 Å². The standard InChI is InChI=1S/C16H17ClN2OS/c17-14-11-3-1-2-4-13(11)21-15(14)16(20)18-12-9-19-7-5-10(12)6-8-19/h1-4,10,12H,5-9H2,(H,18,20)/t12-/m1/s1. The van der Waals surface area contributed by atoms with Crippen molar-refractivity contribution in [2.45, 2.75) is 18.9 Å². The fourth-order valence-corrected chi connectivity index (χ4v) is 4.94. The second-order valence-electron chi connectivity index (χ2n) is 5.96. The van der Waals surface area contributed by atoms with Gasteiger partial charge in [0.15, 0.2) is 0 Å². The van der Waals surface area contributed by atoms with E-state index >= 15 is 0 Å². The predicted octanol–water partition coefficient (Wildman–Crippen LogP) is 3.38. The summed E-state index contributed by atoms with van der Waals surface area (Å²) in [4.78, 5) is 15.7. The van der Waals surface area contributed by atoms with E-state index in [0.717, 1.165) is 16.6 Å². The summed E-state index contributed by atoms with van der Waals surface area (Å²) >= 11 is 7.87. The lowest BCUT2D eigenvalue weighted by atomic mass is 9.84. The molecule has 5 heteroatoms. The number of nitrogens with one attached hydrogen (secondary N) is 1. The molecule has 3 aliphatic rings. The molecule has 3 fully saturated rings. The lowest BCUT2D eigenvalue weighted by Crippen LogP contribution is -2.57. The highest BCUT2D eigenvalue weighted by Gasteiger charge is 2.35. The fourth-order valence-electron chi connectivity index (χ4n) is 3.52. The van der Waals surface area contributed by atoms with Crippen LogP contribution in [0.25, 0.3) is 10.1 Å². The molecule has 0 spiro atoms. The quantitative estimate of drug-likeness (QED) is 0.920. The molecule has 3 saturated heterocycles. The van der Waals surface area contributed by atoms with Crippen LogP contribution >= 0.6 is 22.9 Å². The van der Waals surface area contributed by atoms with Gasteiger partial charge in [-0.15, -0.1) is 11.3 Å². The molecule has 4 heterocycles. The summed E-state index contributed by atoms with van der Waals surface area (Å²) in [6.45, 7) is 3.35. The van der Waals surface area contributed by atoms with Crippen molar-refractivity contribution in [2.24, 2.45) is 5.92 Å². The minimum atomic E-state index is -0.0139. The van der Waals surface area contributed by atoms with Crippen molar-refractivity contribution >= 4 is 38.9 Å². The second-order valence-corrected chi connectivity index (χ2v) is 7.39. The Hall–Kier alpha value is -1.10. The van der Waals surface area contributed by atoms with Gasteiger partial charge in [-0.3, -0.25) is 4.79 Å². The highest BCUT2D eigenvalue weighted by molar-refractivity contribution is 7.21. The van der Waals surface area contributed by atoms with Crippen molar-refractivity contribution in [3.05, 3.63) is 34.2 Å². The van der Waals surface area contributed by atoms with Crippen LogP contribution in [0.4, 0.5) is 0 Å². The van der Waals surface area contributed by atoms with E-state index in [2.05, 4.69) is 10.2 Å². The first-order valence-corrected chi connectivity index (χ1v) is 8.62. The molecule has 0 aliphatic carbocycles. The third-order valence-electron chi connectivity index (χ3n) is 4.71. The van der Waals surface area contributed by atoms with Gasteiger partial charge in [0, 0.05) is 22.7 Å². The molecular formula is C16H17ClN2OS. The highest BCUT2D eigenvalue weighted by atomic mass is 35.5. The maximum atomic E-state index is 12.6. The Bertz CT molecular complexity index is 691. The maximum Gasteiger partial charge on any atom is 0.263 e. The number of hydrogen-bond acceptors (Lipinski definition) is 3. The SMILES string of the molecule is O=C(N[C@@H]1CN2CCC1CC2)c1sc2ccccc2c1Cl. The van der Waals surface area contributed by atoms with E-state index in [1.165, 1.54) is 37.3 Å². The highest BCUT2D eigenvalue weighted by Crippen LogP contribution is 2.35. The molecule has 3 nitrogen and oxygen atoms in total. The Morgan fingerprint density at radius 2 is 2.05 bits per heavy atom.